The van der Waals surface area contributed by atoms with Gasteiger partial charge in [-0.3, -0.25) is 4.79 Å². The summed E-state index contributed by atoms with van der Waals surface area (Å²) >= 11 is 10.9. The summed E-state index contributed by atoms with van der Waals surface area (Å²) in [5.74, 6) is -0.208. The van der Waals surface area contributed by atoms with Crippen molar-refractivity contribution < 1.29 is 4.79 Å². The number of rotatable bonds is 3. The Morgan fingerprint density at radius 1 is 1.38 bits per heavy atom. The summed E-state index contributed by atoms with van der Waals surface area (Å²) in [6, 6.07) is 7.09. The van der Waals surface area contributed by atoms with Crippen LogP contribution < -0.4 is 5.32 Å². The average Bonchev–Trinajstić information content (AvgIpc) is 3.10. The molecular formula is C13H8BrClN4OS. The number of carbonyl (C=O) groups is 1. The molecule has 106 valence electrons. The number of carbonyl (C=O) groups excluding carboxylic acids is 1. The van der Waals surface area contributed by atoms with Crippen LogP contribution in [0.1, 0.15) is 9.67 Å². The number of thiophene rings is 1. The maximum atomic E-state index is 12.3. The van der Waals surface area contributed by atoms with Gasteiger partial charge in [-0.2, -0.15) is 5.10 Å². The lowest BCUT2D eigenvalue weighted by molar-refractivity contribution is 0.103. The number of benzene rings is 1. The van der Waals surface area contributed by atoms with Crippen molar-refractivity contribution >= 4 is 50.5 Å². The van der Waals surface area contributed by atoms with Crippen molar-refractivity contribution in [1.29, 1.82) is 0 Å². The molecule has 0 aliphatic heterocycles. The van der Waals surface area contributed by atoms with Crippen LogP contribution in [-0.4, -0.2) is 20.7 Å². The van der Waals surface area contributed by atoms with Gasteiger partial charge >= 0.3 is 0 Å². The SMILES string of the molecule is O=C(Nc1cccc(Cl)c1-n1cncn1)c1sccc1Br. The van der Waals surface area contributed by atoms with E-state index < -0.39 is 0 Å². The molecule has 1 aromatic carbocycles. The quantitative estimate of drug-likeness (QED) is 0.744. The number of amides is 1. The summed E-state index contributed by atoms with van der Waals surface area (Å²) in [6.45, 7) is 0. The lowest BCUT2D eigenvalue weighted by Crippen LogP contribution is -2.13. The van der Waals surface area contributed by atoms with E-state index in [1.165, 1.54) is 28.7 Å². The second kappa shape index (κ2) is 5.97. The van der Waals surface area contributed by atoms with E-state index in [0.29, 0.717) is 21.3 Å². The normalized spacial score (nSPS) is 10.6. The third-order valence-electron chi connectivity index (χ3n) is 2.71. The Morgan fingerprint density at radius 2 is 2.24 bits per heavy atom. The van der Waals surface area contributed by atoms with Gasteiger partial charge in [-0.15, -0.1) is 11.3 Å². The third kappa shape index (κ3) is 2.85. The lowest BCUT2D eigenvalue weighted by Gasteiger charge is -2.11. The van der Waals surface area contributed by atoms with E-state index in [0.717, 1.165) is 4.47 Å². The first kappa shape index (κ1) is 14.2. The van der Waals surface area contributed by atoms with E-state index in [9.17, 15) is 4.79 Å². The summed E-state index contributed by atoms with van der Waals surface area (Å²) in [7, 11) is 0. The molecular weight excluding hydrogens is 376 g/mol. The molecule has 0 bridgehead atoms. The number of para-hydroxylation sites is 1. The van der Waals surface area contributed by atoms with Gasteiger partial charge in [0.15, 0.2) is 0 Å². The first-order chi connectivity index (χ1) is 10.2. The van der Waals surface area contributed by atoms with Crippen molar-refractivity contribution in [3.63, 3.8) is 0 Å². The van der Waals surface area contributed by atoms with E-state index in [1.54, 1.807) is 18.2 Å². The minimum atomic E-state index is -0.208. The summed E-state index contributed by atoms with van der Waals surface area (Å²) in [6.07, 6.45) is 2.93. The molecule has 0 saturated heterocycles. The molecule has 0 atom stereocenters. The van der Waals surface area contributed by atoms with Crippen LogP contribution in [0, 0.1) is 0 Å². The number of nitrogens with zero attached hydrogens (tertiary/aromatic N) is 3. The highest BCUT2D eigenvalue weighted by Gasteiger charge is 2.16. The first-order valence-corrected chi connectivity index (χ1v) is 7.89. The molecule has 0 radical (unpaired) electrons. The van der Waals surface area contributed by atoms with Gasteiger partial charge in [0.25, 0.3) is 5.91 Å². The molecule has 2 aromatic heterocycles. The zero-order valence-electron chi connectivity index (χ0n) is 10.5. The maximum absolute atomic E-state index is 12.3. The fraction of sp³-hybridized carbons (Fsp3) is 0. The minimum Gasteiger partial charge on any atom is -0.319 e. The third-order valence-corrected chi connectivity index (χ3v) is 4.85. The van der Waals surface area contributed by atoms with Crippen LogP contribution in [0.15, 0.2) is 46.8 Å². The highest BCUT2D eigenvalue weighted by molar-refractivity contribution is 9.10. The van der Waals surface area contributed by atoms with Gasteiger partial charge in [-0.05, 0) is 39.5 Å². The van der Waals surface area contributed by atoms with Crippen LogP contribution in [0.25, 0.3) is 5.69 Å². The van der Waals surface area contributed by atoms with Crippen LogP contribution in [0.3, 0.4) is 0 Å². The largest absolute Gasteiger partial charge is 0.319 e. The summed E-state index contributed by atoms with van der Waals surface area (Å²) in [5.41, 5.74) is 1.15. The van der Waals surface area contributed by atoms with Gasteiger partial charge in [0.05, 0.1) is 10.7 Å². The summed E-state index contributed by atoms with van der Waals surface area (Å²) in [5, 5.41) is 9.23. The Hall–Kier alpha value is -1.70. The molecule has 0 unspecified atom stereocenters. The lowest BCUT2D eigenvalue weighted by atomic mass is 10.2. The van der Waals surface area contributed by atoms with Crippen molar-refractivity contribution in [2.24, 2.45) is 0 Å². The topological polar surface area (TPSA) is 59.8 Å². The standard InChI is InChI=1S/C13H8BrClN4OS/c14-8-4-5-21-12(8)13(20)18-10-3-1-2-9(15)11(10)19-7-16-6-17-19/h1-7H,(H,18,20). The Kier molecular flexibility index (Phi) is 4.05. The molecule has 21 heavy (non-hydrogen) atoms. The van der Waals surface area contributed by atoms with Crippen LogP contribution in [0.2, 0.25) is 5.02 Å². The molecule has 0 aliphatic carbocycles. The number of aromatic nitrogens is 3. The second-order valence-electron chi connectivity index (χ2n) is 4.03. The number of anilines is 1. The minimum absolute atomic E-state index is 0.208. The Bertz CT molecular complexity index is 787. The van der Waals surface area contributed by atoms with Crippen molar-refractivity contribution in [1.82, 2.24) is 14.8 Å². The van der Waals surface area contributed by atoms with Crippen LogP contribution in [0.5, 0.6) is 0 Å². The monoisotopic (exact) mass is 382 g/mol. The van der Waals surface area contributed by atoms with Gasteiger partial charge < -0.3 is 5.32 Å². The summed E-state index contributed by atoms with van der Waals surface area (Å²) < 4.78 is 2.27. The Balaban J connectivity index is 1.98. The van der Waals surface area contributed by atoms with Gasteiger partial charge in [-0.1, -0.05) is 17.7 Å². The van der Waals surface area contributed by atoms with Crippen molar-refractivity contribution in [3.05, 3.63) is 56.7 Å². The van der Waals surface area contributed by atoms with Crippen LogP contribution in [0.4, 0.5) is 5.69 Å². The van der Waals surface area contributed by atoms with Crippen LogP contribution in [-0.2, 0) is 0 Å². The highest BCUT2D eigenvalue weighted by Crippen LogP contribution is 2.29. The van der Waals surface area contributed by atoms with Crippen molar-refractivity contribution in [3.8, 4) is 5.69 Å². The molecule has 0 spiro atoms. The molecule has 2 heterocycles. The Morgan fingerprint density at radius 3 is 2.90 bits per heavy atom. The van der Waals surface area contributed by atoms with Gasteiger partial charge in [0.2, 0.25) is 0 Å². The van der Waals surface area contributed by atoms with Crippen LogP contribution >= 0.6 is 38.9 Å². The second-order valence-corrected chi connectivity index (χ2v) is 6.21. The Labute approximate surface area is 137 Å². The zero-order valence-corrected chi connectivity index (χ0v) is 13.6. The van der Waals surface area contributed by atoms with Crippen molar-refractivity contribution in [2.75, 3.05) is 5.32 Å². The molecule has 1 amide bonds. The number of hydrogen-bond acceptors (Lipinski definition) is 4. The molecule has 3 aromatic rings. The smallest absolute Gasteiger partial charge is 0.266 e. The van der Waals surface area contributed by atoms with E-state index in [-0.39, 0.29) is 5.91 Å². The fourth-order valence-electron chi connectivity index (χ4n) is 1.81. The molecule has 1 N–H and O–H groups in total. The van der Waals surface area contributed by atoms with Gasteiger partial charge in [-0.25, -0.2) is 9.67 Å². The number of nitrogens with one attached hydrogen (secondary N) is 1. The van der Waals surface area contributed by atoms with E-state index >= 15 is 0 Å². The predicted molar refractivity (Wildman–Crippen MR) is 86.3 cm³/mol. The molecule has 5 nitrogen and oxygen atoms in total. The average molecular weight is 384 g/mol. The molecule has 8 heteroatoms. The fourth-order valence-corrected chi connectivity index (χ4v) is 3.52. The van der Waals surface area contributed by atoms with Crippen molar-refractivity contribution in [2.45, 2.75) is 0 Å². The van der Waals surface area contributed by atoms with Gasteiger partial charge in [0, 0.05) is 4.47 Å². The van der Waals surface area contributed by atoms with E-state index in [2.05, 4.69) is 31.3 Å². The summed E-state index contributed by atoms with van der Waals surface area (Å²) in [4.78, 5) is 16.8. The first-order valence-electron chi connectivity index (χ1n) is 5.84. The highest BCUT2D eigenvalue weighted by atomic mass is 79.9. The van der Waals surface area contributed by atoms with E-state index in [1.807, 2.05) is 11.4 Å². The number of halogens is 2. The zero-order chi connectivity index (χ0) is 14.8. The van der Waals surface area contributed by atoms with E-state index in [4.69, 9.17) is 11.6 Å². The maximum Gasteiger partial charge on any atom is 0.266 e. The molecule has 3 rings (SSSR count). The predicted octanol–water partition coefficient (Wildman–Crippen LogP) is 4.00. The number of hydrogen-bond donors (Lipinski definition) is 1. The molecule has 0 fully saturated rings. The molecule has 0 aliphatic rings. The van der Waals surface area contributed by atoms with Gasteiger partial charge in [0.1, 0.15) is 23.2 Å². The molecule has 0 saturated carbocycles.